The Hall–Kier alpha value is -1.30. The van der Waals surface area contributed by atoms with Gasteiger partial charge in [-0.2, -0.15) is 13.2 Å². The first kappa shape index (κ1) is 14.1. The molecule has 1 fully saturated rings. The summed E-state index contributed by atoms with van der Waals surface area (Å²) in [5.74, 6) is -0.695. The van der Waals surface area contributed by atoms with Crippen molar-refractivity contribution in [1.82, 2.24) is 0 Å². The summed E-state index contributed by atoms with van der Waals surface area (Å²) in [4.78, 5) is 0. The summed E-state index contributed by atoms with van der Waals surface area (Å²) in [6, 6.07) is 2.34. The lowest BCUT2D eigenvalue weighted by molar-refractivity contribution is -0.137. The SMILES string of the molecule is CC1CCC(CNc2cc(C(F)(F)F)ccc2F)O1. The van der Waals surface area contributed by atoms with E-state index in [-0.39, 0.29) is 17.9 Å². The number of ether oxygens (including phenoxy) is 1. The fourth-order valence-electron chi connectivity index (χ4n) is 2.10. The Balaban J connectivity index is 2.03. The lowest BCUT2D eigenvalue weighted by Gasteiger charge is -2.15. The van der Waals surface area contributed by atoms with Crippen molar-refractivity contribution < 1.29 is 22.3 Å². The summed E-state index contributed by atoms with van der Waals surface area (Å²) in [7, 11) is 0. The smallest absolute Gasteiger partial charge is 0.380 e. The van der Waals surface area contributed by atoms with Gasteiger partial charge >= 0.3 is 6.18 Å². The Morgan fingerprint density at radius 2 is 2.05 bits per heavy atom. The molecule has 0 radical (unpaired) electrons. The van der Waals surface area contributed by atoms with Crippen LogP contribution in [-0.2, 0) is 10.9 Å². The zero-order chi connectivity index (χ0) is 14.0. The molecule has 1 heterocycles. The van der Waals surface area contributed by atoms with E-state index in [1.165, 1.54) is 0 Å². The first-order valence-electron chi connectivity index (χ1n) is 6.12. The van der Waals surface area contributed by atoms with Crippen LogP contribution in [0.2, 0.25) is 0 Å². The standard InChI is InChI=1S/C13H15F4NO/c1-8-2-4-10(19-8)7-18-12-6-9(13(15,16)17)3-5-11(12)14/h3,5-6,8,10,18H,2,4,7H2,1H3. The summed E-state index contributed by atoms with van der Waals surface area (Å²) in [6.07, 6.45) is -2.66. The van der Waals surface area contributed by atoms with Gasteiger partial charge in [-0.05, 0) is 38.0 Å². The molecule has 1 aliphatic rings. The first-order chi connectivity index (χ1) is 8.86. The molecule has 0 aromatic heterocycles. The van der Waals surface area contributed by atoms with Gasteiger partial charge in [-0.1, -0.05) is 0 Å². The third-order valence-corrected chi connectivity index (χ3v) is 3.13. The minimum atomic E-state index is -4.47. The summed E-state index contributed by atoms with van der Waals surface area (Å²) in [6.45, 7) is 2.24. The minimum absolute atomic E-state index is 0.0797. The summed E-state index contributed by atoms with van der Waals surface area (Å²) >= 11 is 0. The summed E-state index contributed by atoms with van der Waals surface area (Å²) in [5, 5.41) is 2.69. The van der Waals surface area contributed by atoms with Gasteiger partial charge in [0.1, 0.15) is 5.82 Å². The second-order valence-electron chi connectivity index (χ2n) is 4.72. The van der Waals surface area contributed by atoms with Gasteiger partial charge < -0.3 is 10.1 Å². The summed E-state index contributed by atoms with van der Waals surface area (Å²) < 4.78 is 56.5. The molecule has 2 atom stereocenters. The maximum atomic E-state index is 13.4. The molecule has 2 nitrogen and oxygen atoms in total. The van der Waals surface area contributed by atoms with E-state index >= 15 is 0 Å². The number of hydrogen-bond donors (Lipinski definition) is 1. The fourth-order valence-corrected chi connectivity index (χ4v) is 2.10. The first-order valence-corrected chi connectivity index (χ1v) is 6.12. The normalized spacial score (nSPS) is 23.6. The number of alkyl halides is 3. The molecular weight excluding hydrogens is 262 g/mol. The molecule has 2 unspecified atom stereocenters. The van der Waals surface area contributed by atoms with Crippen molar-refractivity contribution in [3.05, 3.63) is 29.6 Å². The van der Waals surface area contributed by atoms with Crippen LogP contribution in [0.3, 0.4) is 0 Å². The molecule has 19 heavy (non-hydrogen) atoms. The minimum Gasteiger partial charge on any atom is -0.380 e. The van der Waals surface area contributed by atoms with Crippen LogP contribution in [0.25, 0.3) is 0 Å². The van der Waals surface area contributed by atoms with E-state index in [1.54, 1.807) is 0 Å². The van der Waals surface area contributed by atoms with Crippen LogP contribution < -0.4 is 5.32 Å². The van der Waals surface area contributed by atoms with Crippen molar-refractivity contribution in [1.29, 1.82) is 0 Å². The van der Waals surface area contributed by atoms with Gasteiger partial charge in [0.2, 0.25) is 0 Å². The van der Waals surface area contributed by atoms with Gasteiger partial charge in [-0.25, -0.2) is 4.39 Å². The quantitative estimate of drug-likeness (QED) is 0.848. The van der Waals surface area contributed by atoms with Crippen molar-refractivity contribution in [3.8, 4) is 0 Å². The fraction of sp³-hybridized carbons (Fsp3) is 0.538. The third-order valence-electron chi connectivity index (χ3n) is 3.13. The number of hydrogen-bond acceptors (Lipinski definition) is 2. The number of rotatable bonds is 3. The maximum absolute atomic E-state index is 13.4. The van der Waals surface area contributed by atoms with Crippen LogP contribution in [0.5, 0.6) is 0 Å². The van der Waals surface area contributed by atoms with Crippen LogP contribution >= 0.6 is 0 Å². The Labute approximate surface area is 108 Å². The van der Waals surface area contributed by atoms with E-state index < -0.39 is 17.6 Å². The van der Waals surface area contributed by atoms with Gasteiger partial charge in [-0.3, -0.25) is 0 Å². The molecule has 1 N–H and O–H groups in total. The topological polar surface area (TPSA) is 21.3 Å². The van der Waals surface area contributed by atoms with Gasteiger partial charge in [0, 0.05) is 6.54 Å². The number of anilines is 1. The lowest BCUT2D eigenvalue weighted by Crippen LogP contribution is -2.20. The van der Waals surface area contributed by atoms with Crippen molar-refractivity contribution in [3.63, 3.8) is 0 Å². The van der Waals surface area contributed by atoms with E-state index in [4.69, 9.17) is 4.74 Å². The average molecular weight is 277 g/mol. The Bertz CT molecular complexity index is 447. The van der Waals surface area contributed by atoms with Gasteiger partial charge in [0.15, 0.2) is 0 Å². The van der Waals surface area contributed by atoms with Crippen LogP contribution in [0.4, 0.5) is 23.2 Å². The van der Waals surface area contributed by atoms with E-state index in [2.05, 4.69) is 5.32 Å². The zero-order valence-corrected chi connectivity index (χ0v) is 10.4. The molecule has 6 heteroatoms. The molecule has 0 saturated carbocycles. The molecule has 0 spiro atoms. The van der Waals surface area contributed by atoms with Crippen molar-refractivity contribution in [2.75, 3.05) is 11.9 Å². The molecule has 1 aliphatic heterocycles. The Morgan fingerprint density at radius 3 is 2.63 bits per heavy atom. The summed E-state index contributed by atoms with van der Waals surface area (Å²) in [5.41, 5.74) is -1.00. The van der Waals surface area contributed by atoms with Gasteiger partial charge in [-0.15, -0.1) is 0 Å². The van der Waals surface area contributed by atoms with Crippen LogP contribution in [-0.4, -0.2) is 18.8 Å². The average Bonchev–Trinajstić information content (AvgIpc) is 2.72. The highest BCUT2D eigenvalue weighted by Crippen LogP contribution is 2.32. The zero-order valence-electron chi connectivity index (χ0n) is 10.4. The van der Waals surface area contributed by atoms with Crippen molar-refractivity contribution >= 4 is 5.69 Å². The highest BCUT2D eigenvalue weighted by Gasteiger charge is 2.31. The Morgan fingerprint density at radius 1 is 1.32 bits per heavy atom. The van der Waals surface area contributed by atoms with Crippen molar-refractivity contribution in [2.45, 2.75) is 38.1 Å². The molecular formula is C13H15F4NO. The predicted molar refractivity (Wildman–Crippen MR) is 63.5 cm³/mol. The third kappa shape index (κ3) is 3.59. The second kappa shape index (κ2) is 5.36. The van der Waals surface area contributed by atoms with Crippen LogP contribution in [0.15, 0.2) is 18.2 Å². The monoisotopic (exact) mass is 277 g/mol. The number of benzene rings is 1. The maximum Gasteiger partial charge on any atom is 0.416 e. The lowest BCUT2D eigenvalue weighted by atomic mass is 10.1. The van der Waals surface area contributed by atoms with E-state index in [0.717, 1.165) is 31.0 Å². The molecule has 0 amide bonds. The van der Waals surface area contributed by atoms with Crippen LogP contribution in [0.1, 0.15) is 25.3 Å². The molecule has 1 saturated heterocycles. The van der Waals surface area contributed by atoms with Crippen molar-refractivity contribution in [2.24, 2.45) is 0 Å². The number of halogens is 4. The molecule has 2 rings (SSSR count). The molecule has 0 aliphatic carbocycles. The highest BCUT2D eigenvalue weighted by molar-refractivity contribution is 5.48. The van der Waals surface area contributed by atoms with E-state index in [0.29, 0.717) is 6.54 Å². The molecule has 1 aromatic carbocycles. The van der Waals surface area contributed by atoms with Gasteiger partial charge in [0.05, 0.1) is 23.5 Å². The largest absolute Gasteiger partial charge is 0.416 e. The Kier molecular flexibility index (Phi) is 3.99. The highest BCUT2D eigenvalue weighted by atomic mass is 19.4. The number of nitrogens with one attached hydrogen (secondary N) is 1. The molecule has 0 bridgehead atoms. The molecule has 106 valence electrons. The van der Waals surface area contributed by atoms with E-state index in [1.807, 2.05) is 6.92 Å². The van der Waals surface area contributed by atoms with Gasteiger partial charge in [0.25, 0.3) is 0 Å². The predicted octanol–water partition coefficient (Wildman–Crippen LogP) is 3.82. The molecule has 1 aromatic rings. The van der Waals surface area contributed by atoms with Crippen LogP contribution in [0, 0.1) is 5.82 Å². The second-order valence-corrected chi connectivity index (χ2v) is 4.72. The van der Waals surface area contributed by atoms with E-state index in [9.17, 15) is 17.6 Å².